The van der Waals surface area contributed by atoms with Crippen molar-refractivity contribution in [2.24, 2.45) is 0 Å². The van der Waals surface area contributed by atoms with Gasteiger partial charge in [-0.25, -0.2) is 4.39 Å². The number of piperidine rings is 1. The second-order valence-corrected chi connectivity index (χ2v) is 8.72. The van der Waals surface area contributed by atoms with Crippen molar-refractivity contribution in [2.75, 3.05) is 25.4 Å². The Balaban J connectivity index is 1.53. The van der Waals surface area contributed by atoms with Gasteiger partial charge in [-0.2, -0.15) is 0 Å². The summed E-state index contributed by atoms with van der Waals surface area (Å²) in [6, 6.07) is 17.5. The molecule has 0 aromatic heterocycles. The zero-order valence-electron chi connectivity index (χ0n) is 16.4. The van der Waals surface area contributed by atoms with Gasteiger partial charge < -0.3 is 9.64 Å². The van der Waals surface area contributed by atoms with Gasteiger partial charge in [-0.1, -0.05) is 30.3 Å². The Morgan fingerprint density at radius 1 is 1.04 bits per heavy atom. The lowest BCUT2D eigenvalue weighted by atomic mass is 9.92. The van der Waals surface area contributed by atoms with E-state index in [1.54, 1.807) is 11.8 Å². The molecule has 0 aliphatic carbocycles. The van der Waals surface area contributed by atoms with Gasteiger partial charge >= 0.3 is 0 Å². The summed E-state index contributed by atoms with van der Waals surface area (Å²) < 4.78 is 19.5. The molecule has 27 heavy (non-hydrogen) atoms. The van der Waals surface area contributed by atoms with Crippen LogP contribution in [0.15, 0.2) is 59.5 Å². The van der Waals surface area contributed by atoms with Crippen molar-refractivity contribution >= 4 is 11.8 Å². The van der Waals surface area contributed by atoms with Crippen molar-refractivity contribution < 1.29 is 9.13 Å². The molecule has 146 valence electrons. The molecule has 4 heteroatoms. The van der Waals surface area contributed by atoms with Gasteiger partial charge in [-0.05, 0) is 62.9 Å². The summed E-state index contributed by atoms with van der Waals surface area (Å²) in [4.78, 5) is 3.66. The minimum Gasteiger partial charge on any atom is -0.371 e. The second-order valence-electron chi connectivity index (χ2n) is 7.67. The van der Waals surface area contributed by atoms with E-state index in [0.29, 0.717) is 0 Å². The highest BCUT2D eigenvalue weighted by Crippen LogP contribution is 2.34. The van der Waals surface area contributed by atoms with Crippen molar-refractivity contribution in [3.8, 4) is 0 Å². The zero-order chi connectivity index (χ0) is 19.1. The fourth-order valence-corrected chi connectivity index (χ4v) is 4.77. The smallest absolute Gasteiger partial charge is 0.123 e. The van der Waals surface area contributed by atoms with Crippen molar-refractivity contribution in [2.45, 2.75) is 49.7 Å². The highest BCUT2D eigenvalue weighted by Gasteiger charge is 2.36. The van der Waals surface area contributed by atoms with Gasteiger partial charge in [0.2, 0.25) is 0 Å². The van der Waals surface area contributed by atoms with Crippen molar-refractivity contribution in [1.29, 1.82) is 0 Å². The molecule has 0 bridgehead atoms. The number of benzene rings is 2. The third-order valence-corrected chi connectivity index (χ3v) is 6.40. The molecular weight excluding hydrogens is 357 g/mol. The van der Waals surface area contributed by atoms with Crippen LogP contribution in [0.2, 0.25) is 0 Å². The molecule has 0 spiro atoms. The number of likely N-dealkylation sites (tertiary alicyclic amines) is 1. The predicted octanol–water partition coefficient (Wildman–Crippen LogP) is 5.42. The first-order valence-electron chi connectivity index (χ1n) is 9.87. The van der Waals surface area contributed by atoms with E-state index in [1.165, 1.54) is 17.7 Å². The molecule has 1 aliphatic heterocycles. The molecule has 1 fully saturated rings. The fraction of sp³-hybridized carbons (Fsp3) is 0.478. The minimum absolute atomic E-state index is 0.0868. The molecule has 0 amide bonds. The number of hydrogen-bond donors (Lipinski definition) is 0. The van der Waals surface area contributed by atoms with Crippen LogP contribution in [0.3, 0.4) is 0 Å². The summed E-state index contributed by atoms with van der Waals surface area (Å²) in [6.07, 6.45) is 3.42. The summed E-state index contributed by atoms with van der Waals surface area (Å²) in [5, 5.41) is 0. The summed E-state index contributed by atoms with van der Waals surface area (Å²) in [5.74, 6) is 0.739. The van der Waals surface area contributed by atoms with Crippen LogP contribution in [-0.2, 0) is 11.2 Å². The second kappa shape index (κ2) is 9.72. The van der Waals surface area contributed by atoms with Gasteiger partial charge in [0.25, 0.3) is 0 Å². The van der Waals surface area contributed by atoms with E-state index < -0.39 is 0 Å². The number of hydrogen-bond acceptors (Lipinski definition) is 3. The van der Waals surface area contributed by atoms with Crippen molar-refractivity contribution in [3.63, 3.8) is 0 Å². The Hall–Kier alpha value is -1.36. The first-order valence-corrected chi connectivity index (χ1v) is 10.9. The van der Waals surface area contributed by atoms with Crippen LogP contribution in [0.1, 0.15) is 32.3 Å². The van der Waals surface area contributed by atoms with E-state index in [0.717, 1.165) is 49.5 Å². The maximum absolute atomic E-state index is 13.1. The van der Waals surface area contributed by atoms with Gasteiger partial charge in [0.15, 0.2) is 0 Å². The Kier molecular flexibility index (Phi) is 7.33. The lowest BCUT2D eigenvalue weighted by Crippen LogP contribution is -2.49. The number of nitrogens with zero attached hydrogens (tertiary/aromatic N) is 1. The normalized spacial score (nSPS) is 17.3. The summed E-state index contributed by atoms with van der Waals surface area (Å²) >= 11 is 1.78. The first-order chi connectivity index (χ1) is 13.0. The van der Waals surface area contributed by atoms with Gasteiger partial charge in [0.1, 0.15) is 5.82 Å². The van der Waals surface area contributed by atoms with Crippen LogP contribution >= 0.6 is 11.8 Å². The van der Waals surface area contributed by atoms with E-state index in [-0.39, 0.29) is 17.5 Å². The molecular formula is C23H30FNOS. The standard InChI is InChI=1S/C23H30FNOS/c1-19(2)26-23(18-27-22-10-8-21(24)9-11-22)13-16-25(17-14-23)15-12-20-6-4-3-5-7-20/h3-11,19H,12-18H2,1-2H3. The molecule has 1 saturated heterocycles. The fourth-order valence-electron chi connectivity index (χ4n) is 3.66. The third-order valence-electron chi connectivity index (χ3n) is 5.13. The maximum Gasteiger partial charge on any atom is 0.123 e. The van der Waals surface area contributed by atoms with E-state index in [9.17, 15) is 4.39 Å². The molecule has 0 N–H and O–H groups in total. The third kappa shape index (κ3) is 6.34. The lowest BCUT2D eigenvalue weighted by molar-refractivity contribution is -0.0963. The molecule has 0 saturated carbocycles. The van der Waals surface area contributed by atoms with Gasteiger partial charge in [-0.3, -0.25) is 0 Å². The predicted molar refractivity (Wildman–Crippen MR) is 112 cm³/mol. The van der Waals surface area contributed by atoms with Crippen LogP contribution in [0.4, 0.5) is 4.39 Å². The quantitative estimate of drug-likeness (QED) is 0.561. The molecule has 0 radical (unpaired) electrons. The number of ether oxygens (including phenoxy) is 1. The van der Waals surface area contributed by atoms with E-state index in [1.807, 2.05) is 12.1 Å². The minimum atomic E-state index is -0.181. The lowest BCUT2D eigenvalue weighted by Gasteiger charge is -2.42. The molecule has 1 aliphatic rings. The molecule has 3 rings (SSSR count). The summed E-state index contributed by atoms with van der Waals surface area (Å²) in [5.41, 5.74) is 1.32. The van der Waals surface area contributed by atoms with Crippen LogP contribution in [-0.4, -0.2) is 42.0 Å². The van der Waals surface area contributed by atoms with Gasteiger partial charge in [-0.15, -0.1) is 11.8 Å². The Bertz CT molecular complexity index is 681. The SMILES string of the molecule is CC(C)OC1(CSc2ccc(F)cc2)CCN(CCc2ccccc2)CC1. The van der Waals surface area contributed by atoms with Crippen LogP contribution in [0.5, 0.6) is 0 Å². The first kappa shape index (κ1) is 20.4. The maximum atomic E-state index is 13.1. The highest BCUT2D eigenvalue weighted by molar-refractivity contribution is 7.99. The Morgan fingerprint density at radius 3 is 2.33 bits per heavy atom. The van der Waals surface area contributed by atoms with Crippen molar-refractivity contribution in [1.82, 2.24) is 4.90 Å². The summed E-state index contributed by atoms with van der Waals surface area (Å²) in [7, 11) is 0. The van der Waals surface area contributed by atoms with Crippen molar-refractivity contribution in [3.05, 3.63) is 66.0 Å². The zero-order valence-corrected chi connectivity index (χ0v) is 17.2. The highest BCUT2D eigenvalue weighted by atomic mass is 32.2. The molecule has 1 heterocycles. The van der Waals surface area contributed by atoms with E-state index in [4.69, 9.17) is 4.74 Å². The number of halogens is 1. The Morgan fingerprint density at radius 2 is 1.70 bits per heavy atom. The molecule has 2 aromatic carbocycles. The molecule has 0 unspecified atom stereocenters. The number of thioether (sulfide) groups is 1. The average molecular weight is 388 g/mol. The Labute approximate surface area is 167 Å². The average Bonchev–Trinajstić information content (AvgIpc) is 2.68. The largest absolute Gasteiger partial charge is 0.371 e. The van der Waals surface area contributed by atoms with Gasteiger partial charge in [0, 0.05) is 30.3 Å². The van der Waals surface area contributed by atoms with Crippen LogP contribution in [0.25, 0.3) is 0 Å². The summed E-state index contributed by atoms with van der Waals surface area (Å²) in [6.45, 7) is 7.48. The number of rotatable bonds is 8. The van der Waals surface area contributed by atoms with Crippen LogP contribution in [0, 0.1) is 5.82 Å². The van der Waals surface area contributed by atoms with Crippen LogP contribution < -0.4 is 0 Å². The topological polar surface area (TPSA) is 12.5 Å². The van der Waals surface area contributed by atoms with E-state index >= 15 is 0 Å². The van der Waals surface area contributed by atoms with E-state index in [2.05, 4.69) is 49.1 Å². The monoisotopic (exact) mass is 387 g/mol. The van der Waals surface area contributed by atoms with Gasteiger partial charge in [0.05, 0.1) is 11.7 Å². The molecule has 2 nitrogen and oxygen atoms in total. The molecule has 2 aromatic rings. The molecule has 0 atom stereocenters.